The molecule has 19 heavy (non-hydrogen) atoms. The number of anilines is 1. The Bertz CT molecular complexity index is 558. The summed E-state index contributed by atoms with van der Waals surface area (Å²) in [5, 5.41) is 0.735. The van der Waals surface area contributed by atoms with E-state index in [1.54, 1.807) is 33.0 Å². The van der Waals surface area contributed by atoms with E-state index in [4.69, 9.17) is 23.2 Å². The second-order valence-corrected chi connectivity index (χ2v) is 6.10. The van der Waals surface area contributed by atoms with Crippen molar-refractivity contribution in [3.8, 4) is 0 Å². The molecule has 1 heterocycles. The number of imide groups is 1. The van der Waals surface area contributed by atoms with Crippen LogP contribution in [0.1, 0.15) is 13.8 Å². The second-order valence-electron chi connectivity index (χ2n) is 5.26. The molecule has 0 spiro atoms. The summed E-state index contributed by atoms with van der Waals surface area (Å²) in [6.07, 6.45) is 0. The Morgan fingerprint density at radius 3 is 2.42 bits per heavy atom. The van der Waals surface area contributed by atoms with Gasteiger partial charge in [0.25, 0.3) is 0 Å². The lowest BCUT2D eigenvalue weighted by atomic mass is 9.89. The number of hydrogen-bond donors (Lipinski definition) is 0. The van der Waals surface area contributed by atoms with Crippen LogP contribution in [0.3, 0.4) is 0 Å². The van der Waals surface area contributed by atoms with E-state index in [1.807, 2.05) is 0 Å². The summed E-state index contributed by atoms with van der Waals surface area (Å²) >= 11 is 11.9. The SMILES string of the molecule is CN1CC(C)(C)C(=O)N(c2ccc(Cl)cc2Cl)C1=O. The van der Waals surface area contributed by atoms with Gasteiger partial charge in [-0.25, -0.2) is 9.69 Å². The molecule has 0 bridgehead atoms. The number of nitrogens with zero attached hydrogens (tertiary/aromatic N) is 2. The molecule has 1 aromatic rings. The van der Waals surface area contributed by atoms with Crippen molar-refractivity contribution in [1.82, 2.24) is 4.90 Å². The monoisotopic (exact) mass is 300 g/mol. The fourth-order valence-electron chi connectivity index (χ4n) is 2.16. The highest BCUT2D eigenvalue weighted by molar-refractivity contribution is 6.37. The van der Waals surface area contributed by atoms with Crippen molar-refractivity contribution in [2.75, 3.05) is 18.5 Å². The summed E-state index contributed by atoms with van der Waals surface area (Å²) in [6.45, 7) is 3.98. The van der Waals surface area contributed by atoms with Gasteiger partial charge in [-0.1, -0.05) is 23.2 Å². The molecule has 6 heteroatoms. The number of carbonyl (C=O) groups is 2. The van der Waals surface area contributed by atoms with Gasteiger partial charge in [0.1, 0.15) is 0 Å². The largest absolute Gasteiger partial charge is 0.331 e. The lowest BCUT2D eigenvalue weighted by Gasteiger charge is -2.41. The molecule has 0 saturated carbocycles. The molecule has 1 fully saturated rings. The highest BCUT2D eigenvalue weighted by Crippen LogP contribution is 2.35. The predicted octanol–water partition coefficient (Wildman–Crippen LogP) is 3.42. The Hall–Kier alpha value is -1.26. The van der Waals surface area contributed by atoms with Crippen molar-refractivity contribution in [3.05, 3.63) is 28.2 Å². The van der Waals surface area contributed by atoms with E-state index in [-0.39, 0.29) is 17.0 Å². The minimum Gasteiger partial charge on any atom is -0.326 e. The van der Waals surface area contributed by atoms with Crippen LogP contribution in [0, 0.1) is 5.41 Å². The van der Waals surface area contributed by atoms with E-state index in [9.17, 15) is 9.59 Å². The summed E-state index contributed by atoms with van der Waals surface area (Å²) in [5.74, 6) is -0.264. The van der Waals surface area contributed by atoms with Gasteiger partial charge < -0.3 is 4.90 Å². The third-order valence-corrected chi connectivity index (χ3v) is 3.62. The van der Waals surface area contributed by atoms with Gasteiger partial charge in [0.15, 0.2) is 0 Å². The van der Waals surface area contributed by atoms with Gasteiger partial charge in [-0.05, 0) is 32.0 Å². The fourth-order valence-corrected chi connectivity index (χ4v) is 2.66. The summed E-state index contributed by atoms with van der Waals surface area (Å²) in [6, 6.07) is 4.31. The van der Waals surface area contributed by atoms with Crippen LogP contribution < -0.4 is 4.90 Å². The number of hydrogen-bond acceptors (Lipinski definition) is 2. The molecular formula is C13H14Cl2N2O2. The number of urea groups is 1. The minimum absolute atomic E-state index is 0.264. The topological polar surface area (TPSA) is 40.6 Å². The first-order valence-electron chi connectivity index (χ1n) is 5.79. The van der Waals surface area contributed by atoms with E-state index in [0.29, 0.717) is 17.3 Å². The molecule has 2 rings (SSSR count). The third kappa shape index (κ3) is 2.42. The summed E-state index contributed by atoms with van der Waals surface area (Å²) in [5.41, 5.74) is -0.285. The lowest BCUT2D eigenvalue weighted by molar-refractivity contribution is -0.127. The maximum absolute atomic E-state index is 12.4. The average Bonchev–Trinajstić information content (AvgIpc) is 2.29. The predicted molar refractivity (Wildman–Crippen MR) is 75.8 cm³/mol. The van der Waals surface area contributed by atoms with Crippen LogP contribution in [0.4, 0.5) is 10.5 Å². The highest BCUT2D eigenvalue weighted by atomic mass is 35.5. The Morgan fingerprint density at radius 2 is 1.84 bits per heavy atom. The van der Waals surface area contributed by atoms with Gasteiger partial charge in [0.05, 0.1) is 16.1 Å². The number of amides is 3. The number of halogens is 2. The van der Waals surface area contributed by atoms with E-state index < -0.39 is 5.41 Å². The molecule has 1 aliphatic heterocycles. The van der Waals surface area contributed by atoms with Crippen molar-refractivity contribution in [2.24, 2.45) is 5.41 Å². The zero-order chi connectivity index (χ0) is 14.4. The maximum Gasteiger partial charge on any atom is 0.331 e. The molecule has 0 aromatic heterocycles. The lowest BCUT2D eigenvalue weighted by Crippen LogP contribution is -2.59. The Balaban J connectivity index is 2.51. The van der Waals surface area contributed by atoms with Gasteiger partial charge in [0.2, 0.25) is 5.91 Å². The molecule has 4 nitrogen and oxygen atoms in total. The Morgan fingerprint density at radius 1 is 1.21 bits per heavy atom. The molecule has 1 aliphatic rings. The van der Waals surface area contributed by atoms with Crippen LogP contribution in [-0.2, 0) is 4.79 Å². The summed E-state index contributed by atoms with van der Waals surface area (Å²) < 4.78 is 0. The first-order chi connectivity index (χ1) is 8.74. The zero-order valence-corrected chi connectivity index (χ0v) is 12.4. The first kappa shape index (κ1) is 14.2. The van der Waals surface area contributed by atoms with Crippen LogP contribution in [0.5, 0.6) is 0 Å². The minimum atomic E-state index is -0.647. The molecular weight excluding hydrogens is 287 g/mol. The molecule has 3 amide bonds. The van der Waals surface area contributed by atoms with E-state index in [0.717, 1.165) is 4.90 Å². The van der Waals surface area contributed by atoms with Gasteiger partial charge in [-0.2, -0.15) is 0 Å². The number of rotatable bonds is 1. The quantitative estimate of drug-likeness (QED) is 0.797. The van der Waals surface area contributed by atoms with Crippen LogP contribution in [-0.4, -0.2) is 30.4 Å². The molecule has 0 atom stereocenters. The molecule has 1 saturated heterocycles. The van der Waals surface area contributed by atoms with E-state index in [1.165, 1.54) is 11.0 Å². The third-order valence-electron chi connectivity index (χ3n) is 3.08. The summed E-state index contributed by atoms with van der Waals surface area (Å²) in [4.78, 5) is 27.2. The molecule has 1 aromatic carbocycles. The van der Waals surface area contributed by atoms with Crippen LogP contribution in [0.15, 0.2) is 18.2 Å². The smallest absolute Gasteiger partial charge is 0.326 e. The Labute approximate surface area is 121 Å². The molecule has 0 unspecified atom stereocenters. The molecule has 102 valence electrons. The first-order valence-corrected chi connectivity index (χ1v) is 6.54. The standard InChI is InChI=1S/C13H14Cl2N2O2/c1-13(2)7-16(3)12(19)17(11(13)18)10-5-4-8(14)6-9(10)15/h4-6H,7H2,1-3H3. The van der Waals surface area contributed by atoms with Crippen LogP contribution in [0.25, 0.3) is 0 Å². The molecule has 0 N–H and O–H groups in total. The van der Waals surface area contributed by atoms with Gasteiger partial charge in [0, 0.05) is 18.6 Å². The van der Waals surface area contributed by atoms with Gasteiger partial charge in [-0.15, -0.1) is 0 Å². The maximum atomic E-state index is 12.4. The molecule has 0 aliphatic carbocycles. The number of carbonyl (C=O) groups excluding carboxylic acids is 2. The van der Waals surface area contributed by atoms with Gasteiger partial charge in [-0.3, -0.25) is 4.79 Å². The van der Waals surface area contributed by atoms with Crippen molar-refractivity contribution in [3.63, 3.8) is 0 Å². The Kier molecular flexibility index (Phi) is 3.49. The zero-order valence-electron chi connectivity index (χ0n) is 10.9. The normalized spacial score (nSPS) is 19.0. The number of benzene rings is 1. The summed E-state index contributed by atoms with van der Waals surface area (Å²) in [7, 11) is 1.66. The second kappa shape index (κ2) is 4.69. The average molecular weight is 301 g/mol. The highest BCUT2D eigenvalue weighted by Gasteiger charge is 2.44. The van der Waals surface area contributed by atoms with Crippen LogP contribution >= 0.6 is 23.2 Å². The fraction of sp³-hybridized carbons (Fsp3) is 0.385. The van der Waals surface area contributed by atoms with Gasteiger partial charge >= 0.3 is 6.03 Å². The van der Waals surface area contributed by atoms with E-state index >= 15 is 0 Å². The van der Waals surface area contributed by atoms with Crippen LogP contribution in [0.2, 0.25) is 10.0 Å². The van der Waals surface area contributed by atoms with Crippen molar-refractivity contribution < 1.29 is 9.59 Å². The van der Waals surface area contributed by atoms with Crippen molar-refractivity contribution >= 4 is 40.8 Å². The van der Waals surface area contributed by atoms with Crippen molar-refractivity contribution in [2.45, 2.75) is 13.8 Å². The van der Waals surface area contributed by atoms with Crippen molar-refractivity contribution in [1.29, 1.82) is 0 Å². The molecule has 0 radical (unpaired) electrons. The van der Waals surface area contributed by atoms with E-state index in [2.05, 4.69) is 0 Å².